The second-order valence-electron chi connectivity index (χ2n) is 5.57. The second-order valence-corrected chi connectivity index (χ2v) is 8.61. The number of rotatable bonds is 2. The first-order chi connectivity index (χ1) is 12.5. The molecule has 0 unspecified atom stereocenters. The number of hydrogen-bond donors (Lipinski definition) is 1. The smallest absolute Gasteiger partial charge is 0.169 e. The first kappa shape index (κ1) is 26.2. The largest absolute Gasteiger partial charge is 0.408 e. The summed E-state index contributed by atoms with van der Waals surface area (Å²) >= 11 is 13.0. The summed E-state index contributed by atoms with van der Waals surface area (Å²) in [5.41, 5.74) is 4.35. The molecule has 4 rings (SSSR count). The van der Waals surface area contributed by atoms with Gasteiger partial charge in [-0.25, -0.2) is 9.13 Å². The molecule has 10 heteroatoms. The average Bonchev–Trinajstić information content (AvgIpc) is 3.25. The van der Waals surface area contributed by atoms with Gasteiger partial charge < -0.3 is 28.9 Å². The van der Waals surface area contributed by atoms with Crippen molar-refractivity contribution in [3.63, 3.8) is 0 Å². The SMILES string of the molecule is C[n+]1ccc(-c2csc(=S)[nH]2)cc1.C[n+]1ccc(-c2csc([S-])n2)cc1.[Y].[Y]. The van der Waals surface area contributed by atoms with Gasteiger partial charge in [0.25, 0.3) is 0 Å². The number of thiazole rings is 2. The summed E-state index contributed by atoms with van der Waals surface area (Å²) in [5, 5.41) is 4.02. The van der Waals surface area contributed by atoms with Crippen molar-refractivity contribution < 1.29 is 74.6 Å². The Morgan fingerprint density at radius 2 is 1.43 bits per heavy atom. The maximum absolute atomic E-state index is 5.02. The quantitative estimate of drug-likeness (QED) is 0.218. The number of aromatic nitrogens is 4. The van der Waals surface area contributed by atoms with Crippen molar-refractivity contribution in [2.24, 2.45) is 14.1 Å². The third-order valence-electron chi connectivity index (χ3n) is 3.57. The second kappa shape index (κ2) is 12.8. The van der Waals surface area contributed by atoms with Gasteiger partial charge in [0.1, 0.15) is 14.1 Å². The fourth-order valence-electron chi connectivity index (χ4n) is 2.16. The van der Waals surface area contributed by atoms with Gasteiger partial charge in [0.15, 0.2) is 28.7 Å². The average molecular weight is 595 g/mol. The third kappa shape index (κ3) is 7.80. The first-order valence-corrected chi connectivity index (χ1v) is 10.3. The first-order valence-electron chi connectivity index (χ1n) is 7.73. The molecule has 4 nitrogen and oxygen atoms in total. The number of pyridine rings is 2. The Bertz CT molecular complexity index is 1040. The van der Waals surface area contributed by atoms with Gasteiger partial charge in [-0.05, 0) is 16.6 Å². The van der Waals surface area contributed by atoms with Gasteiger partial charge in [-0.15, -0.1) is 11.3 Å². The van der Waals surface area contributed by atoms with Gasteiger partial charge in [0.2, 0.25) is 0 Å². The molecule has 0 saturated heterocycles. The Morgan fingerprint density at radius 3 is 1.86 bits per heavy atom. The Balaban J connectivity index is 0.000000261. The molecule has 0 aliphatic carbocycles. The van der Waals surface area contributed by atoms with E-state index in [-0.39, 0.29) is 65.4 Å². The molecule has 0 amide bonds. The fourth-order valence-corrected chi connectivity index (χ4v) is 3.80. The molecule has 0 atom stereocenters. The van der Waals surface area contributed by atoms with E-state index in [4.69, 9.17) is 24.8 Å². The minimum atomic E-state index is 0. The van der Waals surface area contributed by atoms with Crippen molar-refractivity contribution in [2.45, 2.75) is 4.34 Å². The number of nitrogens with zero attached hydrogens (tertiary/aromatic N) is 3. The minimum absolute atomic E-state index is 0. The summed E-state index contributed by atoms with van der Waals surface area (Å²) in [6.45, 7) is 0. The van der Waals surface area contributed by atoms with Crippen molar-refractivity contribution >= 4 is 47.5 Å². The maximum atomic E-state index is 5.02. The van der Waals surface area contributed by atoms with Crippen molar-refractivity contribution in [1.29, 1.82) is 0 Å². The van der Waals surface area contributed by atoms with E-state index in [0.717, 1.165) is 20.9 Å². The number of aromatic amines is 1. The van der Waals surface area contributed by atoms with Crippen LogP contribution in [0.25, 0.3) is 22.5 Å². The zero-order valence-corrected chi connectivity index (χ0v) is 24.3. The van der Waals surface area contributed by atoms with Crippen LogP contribution in [0.15, 0.2) is 64.2 Å². The van der Waals surface area contributed by atoms with Crippen molar-refractivity contribution in [3.8, 4) is 22.5 Å². The minimum Gasteiger partial charge on any atom is -0.408 e. The van der Waals surface area contributed by atoms with Gasteiger partial charge in [-0.3, -0.25) is 4.98 Å². The van der Waals surface area contributed by atoms with Crippen LogP contribution in [-0.2, 0) is 92.1 Å². The van der Waals surface area contributed by atoms with Gasteiger partial charge >= 0.3 is 0 Å². The van der Waals surface area contributed by atoms with Crippen LogP contribution in [0.4, 0.5) is 0 Å². The van der Waals surface area contributed by atoms with Gasteiger partial charge in [0, 0.05) is 106 Å². The van der Waals surface area contributed by atoms with Crippen LogP contribution in [0, 0.1) is 3.95 Å². The molecule has 0 fully saturated rings. The normalized spacial score (nSPS) is 9.50. The number of nitrogens with one attached hydrogen (secondary N) is 1. The van der Waals surface area contributed by atoms with Crippen molar-refractivity contribution in [2.75, 3.05) is 0 Å². The van der Waals surface area contributed by atoms with E-state index in [2.05, 4.69) is 22.1 Å². The van der Waals surface area contributed by atoms with Gasteiger partial charge in [-0.2, -0.15) is 0 Å². The van der Waals surface area contributed by atoms with E-state index in [1.165, 1.54) is 16.9 Å². The summed E-state index contributed by atoms with van der Waals surface area (Å²) in [6.07, 6.45) is 8.03. The molecule has 0 bridgehead atoms. The van der Waals surface area contributed by atoms with E-state index in [1.807, 2.05) is 70.9 Å². The van der Waals surface area contributed by atoms with Gasteiger partial charge in [0.05, 0.1) is 11.4 Å². The molecular weight excluding hydrogens is 578 g/mol. The summed E-state index contributed by atoms with van der Waals surface area (Å²) in [5.74, 6) is 0. The molecule has 2 radical (unpaired) electrons. The molecule has 4 aromatic rings. The number of H-pyrrole nitrogens is 1. The predicted octanol–water partition coefficient (Wildman–Crippen LogP) is 3.83. The monoisotopic (exact) mass is 595 g/mol. The van der Waals surface area contributed by atoms with Crippen LogP contribution < -0.4 is 9.13 Å². The van der Waals surface area contributed by atoms with E-state index >= 15 is 0 Å². The molecule has 1 N–H and O–H groups in total. The standard InChI is InChI=1S/2C9H8N2S2.2Y/c2*1-11-4-2-7(3-5-11)8-6-13-9(12)10-8;;/h2*2-6H,1H3;;/p+1. The molecule has 0 saturated carbocycles. The molecule has 4 aromatic heterocycles. The van der Waals surface area contributed by atoms with Crippen LogP contribution in [0.1, 0.15) is 0 Å². The van der Waals surface area contributed by atoms with Crippen molar-refractivity contribution in [1.82, 2.24) is 9.97 Å². The molecule has 0 spiro atoms. The Hall–Kier alpha value is 0.208. The molecule has 4 heterocycles. The van der Waals surface area contributed by atoms with E-state index in [9.17, 15) is 0 Å². The van der Waals surface area contributed by atoms with E-state index in [1.54, 1.807) is 11.3 Å². The van der Waals surface area contributed by atoms with Crippen LogP contribution in [0.3, 0.4) is 0 Å². The maximum Gasteiger partial charge on any atom is 0.169 e. The molecule has 0 aromatic carbocycles. The molecule has 138 valence electrons. The Kier molecular flexibility index (Phi) is 12.0. The fraction of sp³-hybridized carbons (Fsp3) is 0.111. The third-order valence-corrected chi connectivity index (χ3v) is 5.64. The number of aryl methyl sites for hydroxylation is 2. The van der Waals surface area contributed by atoms with Crippen LogP contribution in [-0.4, -0.2) is 9.97 Å². The van der Waals surface area contributed by atoms with Crippen LogP contribution >= 0.6 is 34.9 Å². The van der Waals surface area contributed by atoms with E-state index < -0.39 is 0 Å². The Morgan fingerprint density at radius 1 is 0.893 bits per heavy atom. The van der Waals surface area contributed by atoms with Gasteiger partial charge in [-0.1, -0.05) is 5.38 Å². The number of hydrogen-bond acceptors (Lipinski definition) is 5. The van der Waals surface area contributed by atoms with E-state index in [0.29, 0.717) is 4.34 Å². The molecular formula is C18H17N4S4Y2+. The summed E-state index contributed by atoms with van der Waals surface area (Å²) in [6, 6.07) is 8.19. The summed E-state index contributed by atoms with van der Waals surface area (Å²) in [7, 11) is 3.99. The summed E-state index contributed by atoms with van der Waals surface area (Å²) < 4.78 is 5.51. The zero-order valence-electron chi connectivity index (χ0n) is 15.4. The molecule has 0 aliphatic rings. The zero-order chi connectivity index (χ0) is 18.5. The summed E-state index contributed by atoms with van der Waals surface area (Å²) in [4.78, 5) is 7.37. The molecule has 0 aliphatic heterocycles. The van der Waals surface area contributed by atoms with Crippen molar-refractivity contribution in [3.05, 3.63) is 63.8 Å². The predicted molar refractivity (Wildman–Crippen MR) is 110 cm³/mol. The van der Waals surface area contributed by atoms with Crippen LogP contribution in [0.5, 0.6) is 0 Å². The van der Waals surface area contributed by atoms with Crippen LogP contribution in [0.2, 0.25) is 0 Å². The Labute approximate surface area is 233 Å². The molecule has 28 heavy (non-hydrogen) atoms. The topological polar surface area (TPSA) is 36.4 Å².